The number of halogens is 1. The van der Waals surface area contributed by atoms with Crippen LogP contribution in [-0.2, 0) is 12.8 Å². The first-order valence-electron chi connectivity index (χ1n) is 6.27. The summed E-state index contributed by atoms with van der Waals surface area (Å²) in [5.74, 6) is 0. The fourth-order valence-corrected chi connectivity index (χ4v) is 4.41. The number of aryl methyl sites for hydroxylation is 1. The molecule has 0 aliphatic carbocycles. The van der Waals surface area contributed by atoms with E-state index in [0.717, 1.165) is 19.4 Å². The molecule has 0 aromatic carbocycles. The Labute approximate surface area is 131 Å². The molecule has 0 radical (unpaired) electrons. The van der Waals surface area contributed by atoms with E-state index < -0.39 is 0 Å². The maximum absolute atomic E-state index is 3.60. The third kappa shape index (κ3) is 3.79. The molecular formula is C14H18INS2. The highest BCUT2D eigenvalue weighted by molar-refractivity contribution is 14.1. The first-order chi connectivity index (χ1) is 8.72. The second-order valence-corrected chi connectivity index (χ2v) is 8.28. The van der Waals surface area contributed by atoms with Gasteiger partial charge in [0.15, 0.2) is 0 Å². The van der Waals surface area contributed by atoms with Crippen molar-refractivity contribution in [2.75, 3.05) is 6.54 Å². The van der Waals surface area contributed by atoms with Gasteiger partial charge in [0, 0.05) is 22.2 Å². The molecule has 1 unspecified atom stereocenters. The van der Waals surface area contributed by atoms with E-state index in [1.54, 1.807) is 0 Å². The van der Waals surface area contributed by atoms with E-state index in [1.807, 2.05) is 22.7 Å². The standard InChI is InChI=1S/C14H18INS2/c1-3-11-5-6-12(18-11)8-13(16-4-2)10-7-14(15)17-9-10/h5-7,9,13,16H,3-4,8H2,1-2H3. The average molecular weight is 391 g/mol. The maximum Gasteiger partial charge on any atom is 0.0656 e. The normalized spacial score (nSPS) is 12.8. The Bertz CT molecular complexity index is 489. The third-order valence-electron chi connectivity index (χ3n) is 2.91. The molecule has 4 heteroatoms. The molecule has 1 nitrogen and oxygen atoms in total. The van der Waals surface area contributed by atoms with Gasteiger partial charge in [0.2, 0.25) is 0 Å². The van der Waals surface area contributed by atoms with Crippen LogP contribution in [0.15, 0.2) is 23.6 Å². The lowest BCUT2D eigenvalue weighted by atomic mass is 10.1. The predicted octanol–water partition coefficient (Wildman–Crippen LogP) is 4.87. The van der Waals surface area contributed by atoms with Crippen LogP contribution in [0, 0.1) is 2.88 Å². The molecule has 0 amide bonds. The molecule has 1 N–H and O–H groups in total. The summed E-state index contributed by atoms with van der Waals surface area (Å²) >= 11 is 6.18. The van der Waals surface area contributed by atoms with Crippen LogP contribution in [0.2, 0.25) is 0 Å². The van der Waals surface area contributed by atoms with Gasteiger partial charge in [0.25, 0.3) is 0 Å². The third-order valence-corrected chi connectivity index (χ3v) is 5.97. The molecule has 2 heterocycles. The van der Waals surface area contributed by atoms with Gasteiger partial charge in [-0.2, -0.15) is 0 Å². The molecule has 0 aliphatic rings. The SMILES string of the molecule is CCNC(Cc1ccc(CC)s1)c1csc(I)c1. The molecule has 1 atom stereocenters. The number of likely N-dealkylation sites (N-methyl/N-ethyl adjacent to an activating group) is 1. The van der Waals surface area contributed by atoms with Gasteiger partial charge in [-0.1, -0.05) is 13.8 Å². The van der Waals surface area contributed by atoms with Crippen LogP contribution in [0.5, 0.6) is 0 Å². The Kier molecular flexibility index (Phi) is 5.66. The first-order valence-corrected chi connectivity index (χ1v) is 9.05. The van der Waals surface area contributed by atoms with E-state index >= 15 is 0 Å². The van der Waals surface area contributed by atoms with Gasteiger partial charge in [-0.25, -0.2) is 0 Å². The lowest BCUT2D eigenvalue weighted by molar-refractivity contribution is 0.555. The molecular weight excluding hydrogens is 373 g/mol. The summed E-state index contributed by atoms with van der Waals surface area (Å²) in [7, 11) is 0. The van der Waals surface area contributed by atoms with Crippen molar-refractivity contribution in [3.8, 4) is 0 Å². The smallest absolute Gasteiger partial charge is 0.0656 e. The minimum Gasteiger partial charge on any atom is -0.310 e. The van der Waals surface area contributed by atoms with Crippen LogP contribution in [0.4, 0.5) is 0 Å². The zero-order valence-corrected chi connectivity index (χ0v) is 14.5. The monoisotopic (exact) mass is 391 g/mol. The molecule has 98 valence electrons. The zero-order chi connectivity index (χ0) is 13.0. The van der Waals surface area contributed by atoms with Crippen molar-refractivity contribution in [3.05, 3.63) is 41.8 Å². The van der Waals surface area contributed by atoms with E-state index in [1.165, 1.54) is 18.2 Å². The molecule has 0 saturated heterocycles. The van der Waals surface area contributed by atoms with Gasteiger partial charge >= 0.3 is 0 Å². The Morgan fingerprint density at radius 2 is 2.06 bits per heavy atom. The van der Waals surface area contributed by atoms with Crippen molar-refractivity contribution in [2.45, 2.75) is 32.7 Å². The van der Waals surface area contributed by atoms with Crippen molar-refractivity contribution in [2.24, 2.45) is 0 Å². The highest BCUT2D eigenvalue weighted by Crippen LogP contribution is 2.27. The fraction of sp³-hybridized carbons (Fsp3) is 0.429. The maximum atomic E-state index is 3.60. The molecule has 2 rings (SSSR count). The number of rotatable bonds is 6. The van der Waals surface area contributed by atoms with Gasteiger partial charge < -0.3 is 5.32 Å². The van der Waals surface area contributed by atoms with E-state index in [9.17, 15) is 0 Å². The highest BCUT2D eigenvalue weighted by atomic mass is 127. The number of hydrogen-bond donors (Lipinski definition) is 1. The molecule has 0 saturated carbocycles. The van der Waals surface area contributed by atoms with E-state index in [-0.39, 0.29) is 0 Å². The quantitative estimate of drug-likeness (QED) is 0.693. The number of thiophene rings is 2. The Morgan fingerprint density at radius 1 is 1.28 bits per heavy atom. The zero-order valence-electron chi connectivity index (χ0n) is 10.7. The van der Waals surface area contributed by atoms with Gasteiger partial charge in [-0.15, -0.1) is 22.7 Å². The van der Waals surface area contributed by atoms with Crippen LogP contribution in [0.25, 0.3) is 0 Å². The van der Waals surface area contributed by atoms with Gasteiger partial charge in [-0.05, 0) is 64.7 Å². The van der Waals surface area contributed by atoms with Crippen molar-refractivity contribution in [1.29, 1.82) is 0 Å². The van der Waals surface area contributed by atoms with E-state index in [4.69, 9.17) is 0 Å². The van der Waals surface area contributed by atoms with E-state index in [0.29, 0.717) is 6.04 Å². The molecule has 0 aliphatic heterocycles. The van der Waals surface area contributed by atoms with Gasteiger partial charge in [0.1, 0.15) is 0 Å². The predicted molar refractivity (Wildman–Crippen MR) is 90.9 cm³/mol. The second kappa shape index (κ2) is 7.03. The Balaban J connectivity index is 2.10. The summed E-state index contributed by atoms with van der Waals surface area (Å²) in [5.41, 5.74) is 1.43. The fourth-order valence-electron chi connectivity index (χ4n) is 1.98. The average Bonchev–Trinajstić information content (AvgIpc) is 2.97. The van der Waals surface area contributed by atoms with Crippen LogP contribution in [0.1, 0.15) is 35.2 Å². The van der Waals surface area contributed by atoms with Crippen LogP contribution < -0.4 is 5.32 Å². The Morgan fingerprint density at radius 3 is 2.61 bits per heavy atom. The summed E-state index contributed by atoms with van der Waals surface area (Å²) in [6.07, 6.45) is 2.25. The number of hydrogen-bond acceptors (Lipinski definition) is 3. The first kappa shape index (κ1) is 14.5. The van der Waals surface area contributed by atoms with Gasteiger partial charge in [0.05, 0.1) is 2.88 Å². The highest BCUT2D eigenvalue weighted by Gasteiger charge is 2.13. The minimum absolute atomic E-state index is 0.457. The molecule has 0 fully saturated rings. The van der Waals surface area contributed by atoms with Crippen molar-refractivity contribution in [1.82, 2.24) is 5.32 Å². The van der Waals surface area contributed by atoms with Crippen LogP contribution >= 0.6 is 45.3 Å². The minimum atomic E-state index is 0.457. The summed E-state index contributed by atoms with van der Waals surface area (Å²) in [6, 6.07) is 7.30. The summed E-state index contributed by atoms with van der Waals surface area (Å²) < 4.78 is 1.37. The van der Waals surface area contributed by atoms with Crippen LogP contribution in [0.3, 0.4) is 0 Å². The lowest BCUT2D eigenvalue weighted by Gasteiger charge is -2.15. The van der Waals surface area contributed by atoms with Crippen LogP contribution in [-0.4, -0.2) is 6.54 Å². The molecule has 2 aromatic heterocycles. The van der Waals surface area contributed by atoms with Crippen molar-refractivity contribution >= 4 is 45.3 Å². The summed E-state index contributed by atoms with van der Waals surface area (Å²) in [4.78, 5) is 2.97. The van der Waals surface area contributed by atoms with Gasteiger partial charge in [-0.3, -0.25) is 0 Å². The lowest BCUT2D eigenvalue weighted by Crippen LogP contribution is -2.22. The molecule has 2 aromatic rings. The topological polar surface area (TPSA) is 12.0 Å². The van der Waals surface area contributed by atoms with Crippen molar-refractivity contribution in [3.63, 3.8) is 0 Å². The largest absolute Gasteiger partial charge is 0.310 e. The number of nitrogens with one attached hydrogen (secondary N) is 1. The van der Waals surface area contributed by atoms with E-state index in [2.05, 4.69) is 65.3 Å². The van der Waals surface area contributed by atoms with Crippen molar-refractivity contribution < 1.29 is 0 Å². The Hall–Kier alpha value is 0.0900. The second-order valence-electron chi connectivity index (χ2n) is 4.22. The molecule has 0 spiro atoms. The molecule has 18 heavy (non-hydrogen) atoms. The summed E-state index contributed by atoms with van der Waals surface area (Å²) in [6.45, 7) is 5.41. The summed E-state index contributed by atoms with van der Waals surface area (Å²) in [5, 5.41) is 5.88. The molecule has 0 bridgehead atoms.